The van der Waals surface area contributed by atoms with E-state index in [9.17, 15) is 0 Å². The minimum atomic E-state index is 0.133. The van der Waals surface area contributed by atoms with Crippen molar-refractivity contribution in [2.24, 2.45) is 41.2 Å². The van der Waals surface area contributed by atoms with Gasteiger partial charge in [-0.3, -0.25) is 0 Å². The van der Waals surface area contributed by atoms with E-state index in [0.717, 1.165) is 57.4 Å². The van der Waals surface area contributed by atoms with Gasteiger partial charge in [-0.2, -0.15) is 18.3 Å². The number of aromatic nitrogens is 15. The smallest absolute Gasteiger partial charge is 0.244 e. The Labute approximate surface area is 856 Å². The van der Waals surface area contributed by atoms with Crippen LogP contribution in [0.25, 0.3) is 186 Å². The maximum Gasteiger partial charge on any atom is 0.297 e. The van der Waals surface area contributed by atoms with Gasteiger partial charge >= 0.3 is 0 Å². The fourth-order valence-corrected chi connectivity index (χ4v) is 25.5. The molecule has 0 spiro atoms. The van der Waals surface area contributed by atoms with Crippen molar-refractivity contribution in [3.05, 3.63) is 356 Å². The Bertz CT molecular complexity index is 8900. The zero-order valence-electron chi connectivity index (χ0n) is 85.1. The summed E-state index contributed by atoms with van der Waals surface area (Å²) in [5.41, 5.74) is 51.6. The first-order valence-corrected chi connectivity index (χ1v) is 54.2. The normalized spacial score (nSPS) is 12.6. The van der Waals surface area contributed by atoms with E-state index in [1.165, 1.54) is 229 Å². The maximum atomic E-state index is 4.81. The summed E-state index contributed by atoms with van der Waals surface area (Å²) in [6.07, 6.45) is 6.88. The zero-order chi connectivity index (χ0) is 99.1. The summed E-state index contributed by atoms with van der Waals surface area (Å²) in [6.45, 7) is 32.4. The monoisotopic (exact) mass is 1970 g/mol. The van der Waals surface area contributed by atoms with Crippen LogP contribution in [-0.2, 0) is 47.2 Å². The van der Waals surface area contributed by atoms with E-state index in [1.54, 1.807) is 56.7 Å². The van der Waals surface area contributed by atoms with Crippen molar-refractivity contribution in [1.29, 1.82) is 0 Å². The fourth-order valence-electron chi connectivity index (χ4n) is 22.0. The quantitative estimate of drug-likeness (QED) is 0.107. The third-order valence-corrected chi connectivity index (χ3v) is 33.2. The molecule has 1 fully saturated rings. The predicted octanol–water partition coefficient (Wildman–Crippen LogP) is 30.0. The molecular formula is C123H122N15S5+5. The third kappa shape index (κ3) is 17.1. The number of fused-ring (bicyclic) bond motifs is 10. The van der Waals surface area contributed by atoms with Gasteiger partial charge in [-0.15, -0.1) is 56.7 Å². The number of nitrogens with zero attached hydrogens (tertiary/aromatic N) is 15. The number of rotatable bonds is 13. The first kappa shape index (κ1) is 95.1. The van der Waals surface area contributed by atoms with Gasteiger partial charge < -0.3 is 0 Å². The first-order chi connectivity index (χ1) is 69.3. The fraction of sp³-hybridized carbons (Fsp3) is 0.236. The van der Waals surface area contributed by atoms with Crippen LogP contribution in [0.3, 0.4) is 0 Å². The molecule has 0 unspecified atom stereocenters. The summed E-state index contributed by atoms with van der Waals surface area (Å²) in [5.74, 6) is 7.60. The number of benzene rings is 14. The average molecular weight is 1970 g/mol. The Hall–Kier alpha value is -14.1. The second-order valence-electron chi connectivity index (χ2n) is 40.1. The molecule has 0 amide bonds. The molecule has 0 aliphatic heterocycles. The van der Waals surface area contributed by atoms with Crippen LogP contribution in [0.15, 0.2) is 301 Å². The molecule has 714 valence electrons. The van der Waals surface area contributed by atoms with Crippen molar-refractivity contribution in [1.82, 2.24) is 47.8 Å². The van der Waals surface area contributed by atoms with Crippen molar-refractivity contribution in [3.63, 3.8) is 0 Å². The SMILES string of the molecule is Cc1ccc2scnc2c1-c1n(-c2c(C(C)C)cccc2C(C)C)c2ccccc2[n+]1C.Cc1ccc2scnc2c1-c1n(-c2ccc(C(C)(C)C)cc2)c2ccccc2[n+]1C.Cc1ccc2scnc2c1-c1n(-c2ccccc2)c2ccccc2[n+]1C.Cc1ccc2scnc2c1-c1n(CC2CCCCC2)c2ccccc2[n+]1C.Cc1cccc(C)c1-n1c(-c2c(C)ccc3scnc23)[n+](C)c2ccccc21. The average Bonchev–Trinajstić information content (AvgIpc) is 1.82. The lowest BCUT2D eigenvalue weighted by Crippen LogP contribution is -2.31. The number of thiazole rings is 5. The molecular weight excluding hydrogens is 1850 g/mol. The molecule has 1 aliphatic rings. The van der Waals surface area contributed by atoms with Crippen molar-refractivity contribution in [3.8, 4) is 79.7 Å². The molecule has 1 aliphatic carbocycles. The minimum Gasteiger partial charge on any atom is -0.244 e. The highest BCUT2D eigenvalue weighted by molar-refractivity contribution is 7.18. The van der Waals surface area contributed by atoms with Crippen LogP contribution in [0, 0.1) is 54.4 Å². The Balaban J connectivity index is 0.000000106. The van der Waals surface area contributed by atoms with Gasteiger partial charge in [0.25, 0.3) is 29.1 Å². The van der Waals surface area contributed by atoms with E-state index in [4.69, 9.17) is 24.9 Å². The summed E-state index contributed by atoms with van der Waals surface area (Å²) in [7, 11) is 10.8. The van der Waals surface area contributed by atoms with E-state index < -0.39 is 0 Å². The zero-order valence-corrected chi connectivity index (χ0v) is 89.2. The predicted molar refractivity (Wildman–Crippen MR) is 601 cm³/mol. The van der Waals surface area contributed by atoms with E-state index >= 15 is 0 Å². The molecule has 1 saturated carbocycles. The second kappa shape index (κ2) is 39.3. The van der Waals surface area contributed by atoms with Gasteiger partial charge in [0.05, 0.1) is 148 Å². The standard InChI is InChI=1S/C28H30N3S.C26H26N3S.C24H22N3S.C23H26N3S.C22H18N3S/c1-17(2)20-10-9-11-21(18(3)4)27(20)31-23-13-8-7-12-22(23)30(6)28(31)25-19(5)14-15-24-26(25)29-16-32-24;1-17-10-15-22-24(27-16-30-22)23(17)25-28(5)20-8-6-7-9-21(20)29(25)19-13-11-18(12-14-19)26(2,3)4;1-15-12-13-20-22(25-14-28-20)21(15)24-26(4)18-10-5-6-11-19(18)27(24)23-16(2)8-7-9-17(23)3;1-16-12-13-20-22(24-15-27-20)21(16)23-25(2)18-10-6-7-11-19(18)26(23)14-17-8-4-3-5-9-17;1-15-12-13-19-21(23-14-26-19)20(15)22-24(2)17-10-6-7-11-18(17)25(22)16-8-4-3-5-9-16/h7-18H,1-6H3;6-16H,1-5H3;5-14H,1-4H3;6-7,10-13,15,17H,3-5,8-9,14H2,1-2H3;3-14H,1-2H3/q5*+1. The van der Waals surface area contributed by atoms with Crippen LogP contribution in [0.5, 0.6) is 0 Å². The van der Waals surface area contributed by atoms with Crippen molar-refractivity contribution < 1.29 is 22.8 Å². The van der Waals surface area contributed by atoms with Crippen LogP contribution in [0.2, 0.25) is 0 Å². The molecule has 25 rings (SSSR count). The van der Waals surface area contributed by atoms with Crippen LogP contribution < -0.4 is 22.8 Å². The van der Waals surface area contributed by atoms with Crippen molar-refractivity contribution in [2.75, 3.05) is 0 Å². The summed E-state index contributed by atoms with van der Waals surface area (Å²) in [4.78, 5) is 23.7. The number of para-hydroxylation sites is 13. The highest BCUT2D eigenvalue weighted by Crippen LogP contribution is 2.45. The Morgan fingerprint density at radius 2 is 0.573 bits per heavy atom. The summed E-state index contributed by atoms with van der Waals surface area (Å²) in [6, 6.07) is 98.2. The highest BCUT2D eigenvalue weighted by Gasteiger charge is 2.38. The Morgan fingerprint density at radius 1 is 0.287 bits per heavy atom. The lowest BCUT2D eigenvalue weighted by molar-refractivity contribution is -0.634. The minimum absolute atomic E-state index is 0.133. The first-order valence-electron chi connectivity index (χ1n) is 49.8. The van der Waals surface area contributed by atoms with Crippen LogP contribution in [-0.4, -0.2) is 47.8 Å². The highest BCUT2D eigenvalue weighted by atomic mass is 32.1. The van der Waals surface area contributed by atoms with Crippen molar-refractivity contribution >= 4 is 163 Å². The topological polar surface area (TPSA) is 109 Å². The van der Waals surface area contributed by atoms with Gasteiger partial charge in [0.1, 0.15) is 22.7 Å². The molecule has 15 nitrogen and oxygen atoms in total. The molecule has 0 radical (unpaired) electrons. The van der Waals surface area contributed by atoms with Crippen LogP contribution >= 0.6 is 56.7 Å². The van der Waals surface area contributed by atoms with E-state index in [1.807, 2.05) is 27.6 Å². The molecule has 143 heavy (non-hydrogen) atoms. The van der Waals surface area contributed by atoms with E-state index in [-0.39, 0.29) is 5.41 Å². The van der Waals surface area contributed by atoms with Gasteiger partial charge in [0, 0.05) is 11.1 Å². The van der Waals surface area contributed by atoms with Crippen LogP contribution in [0.1, 0.15) is 148 Å². The Morgan fingerprint density at radius 3 is 0.923 bits per heavy atom. The molecule has 0 N–H and O–H groups in total. The molecule has 14 aromatic carbocycles. The molecule has 20 heteroatoms. The van der Waals surface area contributed by atoms with Gasteiger partial charge in [-0.05, 0) is 244 Å². The van der Waals surface area contributed by atoms with Crippen LogP contribution in [0.4, 0.5) is 0 Å². The molecule has 24 aromatic rings. The van der Waals surface area contributed by atoms with Gasteiger partial charge in [-0.1, -0.05) is 225 Å². The lowest BCUT2D eigenvalue weighted by atomic mass is 9.87. The second-order valence-corrected chi connectivity index (χ2v) is 44.5. The number of aryl methyl sites for hydroxylation is 12. The summed E-state index contributed by atoms with van der Waals surface area (Å²) < 4.78 is 30.0. The third-order valence-electron chi connectivity index (χ3n) is 29.2. The van der Waals surface area contributed by atoms with Gasteiger partial charge in [-0.25, -0.2) is 52.3 Å². The van der Waals surface area contributed by atoms with E-state index in [2.05, 4.69) is 451 Å². The lowest BCUT2D eigenvalue weighted by Gasteiger charge is -2.20. The molecule has 0 bridgehead atoms. The van der Waals surface area contributed by atoms with E-state index in [0.29, 0.717) is 11.8 Å². The van der Waals surface area contributed by atoms with Gasteiger partial charge in [0.15, 0.2) is 55.2 Å². The van der Waals surface area contributed by atoms with Crippen molar-refractivity contribution in [2.45, 2.75) is 153 Å². The number of hydrogen-bond acceptors (Lipinski definition) is 10. The number of hydrogen-bond donors (Lipinski definition) is 0. The van der Waals surface area contributed by atoms with Gasteiger partial charge in [0.2, 0.25) is 0 Å². The summed E-state index contributed by atoms with van der Waals surface area (Å²) >= 11 is 8.52. The molecule has 10 aromatic heterocycles. The maximum absolute atomic E-state index is 4.81. The molecule has 0 saturated heterocycles. The largest absolute Gasteiger partial charge is 0.297 e. The molecule has 10 heterocycles. The molecule has 0 atom stereocenters. The summed E-state index contributed by atoms with van der Waals surface area (Å²) in [5, 5.41) is 0. The Kier molecular flexibility index (Phi) is 26.1. The number of imidazole rings is 5.